The van der Waals surface area contributed by atoms with Gasteiger partial charge in [0.2, 0.25) is 0 Å². The van der Waals surface area contributed by atoms with Crippen LogP contribution in [0.25, 0.3) is 11.1 Å². The summed E-state index contributed by atoms with van der Waals surface area (Å²) in [4.78, 5) is 13.6. The van der Waals surface area contributed by atoms with Crippen molar-refractivity contribution in [3.05, 3.63) is 166 Å². The zero-order valence-corrected chi connectivity index (χ0v) is 22.1. The van der Waals surface area contributed by atoms with Crippen molar-refractivity contribution < 1.29 is 9.53 Å². The third-order valence-electron chi connectivity index (χ3n) is 7.13. The zero-order chi connectivity index (χ0) is 26.5. The molecule has 2 nitrogen and oxygen atoms in total. The number of rotatable bonds is 8. The van der Waals surface area contributed by atoms with Crippen molar-refractivity contribution in [2.45, 2.75) is 20.3 Å². The van der Waals surface area contributed by atoms with Gasteiger partial charge >= 0.3 is 0 Å². The molecule has 38 heavy (non-hydrogen) atoms. The Bertz CT molecular complexity index is 1480. The van der Waals surface area contributed by atoms with E-state index in [1.165, 1.54) is 0 Å². The summed E-state index contributed by atoms with van der Waals surface area (Å²) in [6.07, 6.45) is 2.79. The van der Waals surface area contributed by atoms with Gasteiger partial charge in [-0.05, 0) is 64.3 Å². The zero-order valence-electron chi connectivity index (χ0n) is 22.1. The molecule has 1 unspecified atom stereocenters. The summed E-state index contributed by atoms with van der Waals surface area (Å²) < 4.78 is 5.97. The van der Waals surface area contributed by atoms with Gasteiger partial charge in [0.1, 0.15) is 5.76 Å². The number of benzene rings is 4. The molecular weight excluding hydrogens is 464 g/mol. The Morgan fingerprint density at radius 2 is 1.24 bits per heavy atom. The lowest BCUT2D eigenvalue weighted by atomic mass is 9.90. The van der Waals surface area contributed by atoms with Crippen LogP contribution < -0.4 is 0 Å². The van der Waals surface area contributed by atoms with E-state index in [4.69, 9.17) is 4.74 Å². The van der Waals surface area contributed by atoms with E-state index in [1.807, 2.05) is 48.5 Å². The van der Waals surface area contributed by atoms with Crippen LogP contribution in [0.4, 0.5) is 0 Å². The first-order valence-corrected chi connectivity index (χ1v) is 13.1. The monoisotopic (exact) mass is 496 g/mol. The number of ether oxygens (including phenoxy) is 1. The van der Waals surface area contributed by atoms with Crippen molar-refractivity contribution in [2.75, 3.05) is 7.11 Å². The summed E-state index contributed by atoms with van der Waals surface area (Å²) in [5, 5.41) is 0. The maximum atomic E-state index is 13.6. The van der Waals surface area contributed by atoms with Crippen LogP contribution >= 0.6 is 0 Å². The predicted molar refractivity (Wildman–Crippen MR) is 157 cm³/mol. The summed E-state index contributed by atoms with van der Waals surface area (Å²) in [6, 6.07) is 39.0. The van der Waals surface area contributed by atoms with Crippen molar-refractivity contribution >= 4 is 16.9 Å². The second kappa shape index (κ2) is 11.3. The molecule has 0 amide bonds. The first kappa shape index (κ1) is 25.2. The molecule has 0 aliphatic heterocycles. The van der Waals surface area contributed by atoms with Crippen LogP contribution in [-0.2, 0) is 4.74 Å². The van der Waals surface area contributed by atoms with Gasteiger partial charge < -0.3 is 4.74 Å². The third kappa shape index (κ3) is 5.03. The normalized spacial score (nSPS) is 13.8. The molecule has 0 N–H and O–H groups in total. The lowest BCUT2D eigenvalue weighted by Gasteiger charge is -2.18. The third-order valence-corrected chi connectivity index (χ3v) is 7.13. The quantitative estimate of drug-likeness (QED) is 0.180. The van der Waals surface area contributed by atoms with Gasteiger partial charge in [0.15, 0.2) is 5.78 Å². The molecule has 0 bridgehead atoms. The van der Waals surface area contributed by atoms with E-state index in [1.54, 1.807) is 7.11 Å². The maximum Gasteiger partial charge on any atom is 0.190 e. The molecule has 4 aromatic rings. The van der Waals surface area contributed by atoms with Crippen molar-refractivity contribution in [1.29, 1.82) is 0 Å². The summed E-state index contributed by atoms with van der Waals surface area (Å²) >= 11 is 0. The summed E-state index contributed by atoms with van der Waals surface area (Å²) in [5.74, 6) is 1.03. The van der Waals surface area contributed by atoms with Crippen LogP contribution in [0.5, 0.6) is 0 Å². The lowest BCUT2D eigenvalue weighted by molar-refractivity contribution is 0.103. The number of carbonyl (C=O) groups excluding carboxylic acids is 1. The molecule has 1 aliphatic carbocycles. The second-order valence-corrected chi connectivity index (χ2v) is 9.74. The van der Waals surface area contributed by atoms with E-state index < -0.39 is 0 Å². The Morgan fingerprint density at radius 3 is 1.79 bits per heavy atom. The first-order chi connectivity index (χ1) is 18.6. The van der Waals surface area contributed by atoms with Gasteiger partial charge in [-0.15, -0.1) is 0 Å². The number of ketones is 1. The first-order valence-electron chi connectivity index (χ1n) is 13.1. The molecule has 4 aromatic carbocycles. The summed E-state index contributed by atoms with van der Waals surface area (Å²) in [5.41, 5.74) is 9.29. The average molecular weight is 497 g/mol. The molecule has 0 fully saturated rings. The lowest BCUT2D eigenvalue weighted by Crippen LogP contribution is -2.05. The molecule has 188 valence electrons. The standard InChI is InChI=1S/C36H32O2/c1-25(23-32-35(29-19-11-6-12-20-29)30-21-13-14-22-31(30)36(32)37)24-33(38-3)26(2)34(27-15-7-4-8-16-27)28-17-9-5-10-18-28/h4-22,24-25H,23H2,1-3H3/b33-24+. The highest BCUT2D eigenvalue weighted by Crippen LogP contribution is 2.40. The van der Waals surface area contributed by atoms with Gasteiger partial charge in [-0.2, -0.15) is 0 Å². The van der Waals surface area contributed by atoms with Crippen molar-refractivity contribution in [1.82, 2.24) is 0 Å². The number of allylic oxidation sites excluding steroid dienone is 3. The highest BCUT2D eigenvalue weighted by atomic mass is 16.5. The van der Waals surface area contributed by atoms with Gasteiger partial charge in [-0.3, -0.25) is 4.79 Å². The molecule has 1 atom stereocenters. The SMILES string of the molecule is CO/C(=C/C(C)CC1=C(c2ccccc2)c2ccccc2C1=O)C(C)=C(c1ccccc1)c1ccccc1. The van der Waals surface area contributed by atoms with Gasteiger partial charge in [-0.1, -0.05) is 122 Å². The Balaban J connectivity index is 1.55. The van der Waals surface area contributed by atoms with Crippen LogP contribution in [0.3, 0.4) is 0 Å². The second-order valence-electron chi connectivity index (χ2n) is 9.74. The molecule has 5 rings (SSSR count). The van der Waals surface area contributed by atoms with E-state index in [9.17, 15) is 4.79 Å². The smallest absolute Gasteiger partial charge is 0.190 e. The van der Waals surface area contributed by atoms with Crippen LogP contribution in [0.2, 0.25) is 0 Å². The number of hydrogen-bond acceptors (Lipinski definition) is 2. The van der Waals surface area contributed by atoms with E-state index in [-0.39, 0.29) is 11.7 Å². The predicted octanol–water partition coefficient (Wildman–Crippen LogP) is 8.76. The number of hydrogen-bond donors (Lipinski definition) is 0. The Kier molecular flexibility index (Phi) is 7.51. The maximum absolute atomic E-state index is 13.6. The molecular formula is C36H32O2. The Labute approximate surface area is 225 Å². The van der Waals surface area contributed by atoms with Crippen LogP contribution in [0.15, 0.2) is 138 Å². The van der Waals surface area contributed by atoms with Gasteiger partial charge in [0.05, 0.1) is 7.11 Å². The molecule has 0 saturated heterocycles. The minimum Gasteiger partial charge on any atom is -0.497 e. The number of Topliss-reactive ketones (excluding diaryl/α,β-unsaturated/α-hetero) is 1. The van der Waals surface area contributed by atoms with Gasteiger partial charge in [0, 0.05) is 11.1 Å². The molecule has 1 aliphatic rings. The van der Waals surface area contributed by atoms with Crippen LogP contribution in [-0.4, -0.2) is 12.9 Å². The van der Waals surface area contributed by atoms with Crippen LogP contribution in [0, 0.1) is 5.92 Å². The molecule has 0 saturated carbocycles. The Morgan fingerprint density at radius 1 is 0.737 bits per heavy atom. The van der Waals surface area contributed by atoms with Gasteiger partial charge in [0.25, 0.3) is 0 Å². The van der Waals surface area contributed by atoms with Crippen LogP contribution in [0.1, 0.15) is 52.9 Å². The molecule has 2 heteroatoms. The molecule has 0 heterocycles. The Hall–Kier alpha value is -4.43. The largest absolute Gasteiger partial charge is 0.497 e. The summed E-state index contributed by atoms with van der Waals surface area (Å²) in [6.45, 7) is 4.27. The van der Waals surface area contributed by atoms with Crippen molar-refractivity contribution in [3.63, 3.8) is 0 Å². The average Bonchev–Trinajstić information content (AvgIpc) is 3.24. The number of methoxy groups -OCH3 is 1. The fraction of sp³-hybridized carbons (Fsp3) is 0.139. The van der Waals surface area contributed by atoms with E-state index in [0.717, 1.165) is 55.9 Å². The van der Waals surface area contributed by atoms with E-state index in [0.29, 0.717) is 6.42 Å². The van der Waals surface area contributed by atoms with E-state index in [2.05, 4.69) is 86.7 Å². The molecule has 0 aromatic heterocycles. The number of fused-ring (bicyclic) bond motifs is 1. The van der Waals surface area contributed by atoms with Crippen molar-refractivity contribution in [3.8, 4) is 0 Å². The highest BCUT2D eigenvalue weighted by molar-refractivity contribution is 6.22. The summed E-state index contributed by atoms with van der Waals surface area (Å²) in [7, 11) is 1.72. The molecule has 0 radical (unpaired) electrons. The minimum absolute atomic E-state index is 0.0830. The fourth-order valence-corrected chi connectivity index (χ4v) is 5.39. The number of carbonyl (C=O) groups is 1. The fourth-order valence-electron chi connectivity index (χ4n) is 5.39. The minimum atomic E-state index is 0.0830. The highest BCUT2D eigenvalue weighted by Gasteiger charge is 2.30. The van der Waals surface area contributed by atoms with Gasteiger partial charge in [-0.25, -0.2) is 0 Å². The molecule has 0 spiro atoms. The topological polar surface area (TPSA) is 26.3 Å². The van der Waals surface area contributed by atoms with Crippen molar-refractivity contribution in [2.24, 2.45) is 5.92 Å². The van der Waals surface area contributed by atoms with E-state index >= 15 is 0 Å².